The molecule has 0 atom stereocenters. The van der Waals surface area contributed by atoms with Gasteiger partial charge in [0.05, 0.1) is 12.5 Å². The first-order valence-electron chi connectivity index (χ1n) is 4.44. The number of hydrogen-bond donors (Lipinski definition) is 2. The number of nitrogens with one attached hydrogen (secondary N) is 2. The summed E-state index contributed by atoms with van der Waals surface area (Å²) in [5, 5.41) is 15.8. The van der Waals surface area contributed by atoms with Gasteiger partial charge < -0.3 is 20.5 Å². The van der Waals surface area contributed by atoms with E-state index in [-0.39, 0.29) is 6.54 Å². The van der Waals surface area contributed by atoms with Crippen molar-refractivity contribution in [2.24, 2.45) is 0 Å². The predicted octanol–water partition coefficient (Wildman–Crippen LogP) is -0.599. The number of carbonyl (C=O) groups excluding carboxylic acids is 1. The van der Waals surface area contributed by atoms with Crippen molar-refractivity contribution in [2.45, 2.75) is 6.54 Å². The Morgan fingerprint density at radius 3 is 2.53 bits per heavy atom. The molecule has 0 saturated heterocycles. The van der Waals surface area contributed by atoms with E-state index in [0.717, 1.165) is 5.56 Å². The van der Waals surface area contributed by atoms with E-state index in [1.165, 1.54) is 0 Å². The lowest BCUT2D eigenvalue weighted by molar-refractivity contribution is -0.303. The molecule has 4 nitrogen and oxygen atoms in total. The molecule has 0 aliphatic rings. The molecule has 0 aromatic heterocycles. The molecular weight excluding hydrogens is 212 g/mol. The lowest BCUT2D eigenvalue weighted by atomic mass is 10.2. The summed E-state index contributed by atoms with van der Waals surface area (Å²) in [6.07, 6.45) is 0. The van der Waals surface area contributed by atoms with Crippen LogP contribution in [0.2, 0.25) is 0 Å². The molecule has 0 unspecified atom stereocenters. The van der Waals surface area contributed by atoms with E-state index in [9.17, 15) is 9.90 Å². The molecule has 2 N–H and O–H groups in total. The van der Waals surface area contributed by atoms with Crippen LogP contribution in [0.4, 0.5) is 0 Å². The first-order valence-corrected chi connectivity index (χ1v) is 4.85. The number of aliphatic carboxylic acids is 1. The summed E-state index contributed by atoms with van der Waals surface area (Å²) in [6.45, 7) is 0.292. The van der Waals surface area contributed by atoms with Crippen LogP contribution >= 0.6 is 12.2 Å². The fourth-order valence-corrected chi connectivity index (χ4v) is 1.14. The molecule has 1 aromatic carbocycles. The number of hydrogen-bond acceptors (Lipinski definition) is 3. The molecule has 0 bridgehead atoms. The van der Waals surface area contributed by atoms with E-state index >= 15 is 0 Å². The van der Waals surface area contributed by atoms with Crippen molar-refractivity contribution in [3.05, 3.63) is 35.9 Å². The fourth-order valence-electron chi connectivity index (χ4n) is 0.993. The third-order valence-electron chi connectivity index (χ3n) is 1.69. The highest BCUT2D eigenvalue weighted by Crippen LogP contribution is 1.96. The van der Waals surface area contributed by atoms with Crippen molar-refractivity contribution in [3.63, 3.8) is 0 Å². The van der Waals surface area contributed by atoms with Crippen LogP contribution in [0.5, 0.6) is 0 Å². The van der Waals surface area contributed by atoms with Gasteiger partial charge in [0.25, 0.3) is 0 Å². The zero-order chi connectivity index (χ0) is 11.1. The van der Waals surface area contributed by atoms with Gasteiger partial charge in [0.2, 0.25) is 0 Å². The van der Waals surface area contributed by atoms with Crippen molar-refractivity contribution in [2.75, 3.05) is 6.54 Å². The number of carbonyl (C=O) groups is 1. The van der Waals surface area contributed by atoms with Crippen LogP contribution < -0.4 is 15.7 Å². The second-order valence-electron chi connectivity index (χ2n) is 2.89. The van der Waals surface area contributed by atoms with E-state index in [1.807, 2.05) is 30.3 Å². The van der Waals surface area contributed by atoms with Gasteiger partial charge >= 0.3 is 0 Å². The molecule has 0 fully saturated rings. The average Bonchev–Trinajstić information content (AvgIpc) is 2.25. The van der Waals surface area contributed by atoms with Crippen LogP contribution in [0.15, 0.2) is 30.3 Å². The molecule has 1 aromatic rings. The van der Waals surface area contributed by atoms with Gasteiger partial charge in [0.1, 0.15) is 0 Å². The molecule has 5 heteroatoms. The first kappa shape index (κ1) is 11.5. The van der Waals surface area contributed by atoms with E-state index in [1.54, 1.807) is 0 Å². The van der Waals surface area contributed by atoms with Crippen LogP contribution in [0, 0.1) is 0 Å². The lowest BCUT2D eigenvalue weighted by Gasteiger charge is -2.10. The number of thiocarbonyl (C=S) groups is 1. The van der Waals surface area contributed by atoms with Crippen molar-refractivity contribution < 1.29 is 9.90 Å². The van der Waals surface area contributed by atoms with Gasteiger partial charge in [0, 0.05) is 6.54 Å². The van der Waals surface area contributed by atoms with Crippen molar-refractivity contribution in [3.8, 4) is 0 Å². The molecule has 0 spiro atoms. The Morgan fingerprint density at radius 1 is 1.27 bits per heavy atom. The van der Waals surface area contributed by atoms with E-state index in [0.29, 0.717) is 11.7 Å². The Morgan fingerprint density at radius 2 is 1.93 bits per heavy atom. The number of carboxylic acid groups (broad SMARTS) is 1. The maximum atomic E-state index is 10.1. The highest BCUT2D eigenvalue weighted by molar-refractivity contribution is 7.80. The maximum absolute atomic E-state index is 10.1. The second-order valence-corrected chi connectivity index (χ2v) is 3.30. The van der Waals surface area contributed by atoms with Crippen molar-refractivity contribution >= 4 is 23.3 Å². The van der Waals surface area contributed by atoms with Crippen molar-refractivity contribution in [1.29, 1.82) is 0 Å². The Bertz CT molecular complexity index is 341. The molecule has 0 radical (unpaired) electrons. The molecule has 0 saturated carbocycles. The van der Waals surface area contributed by atoms with Gasteiger partial charge in [0.15, 0.2) is 5.11 Å². The summed E-state index contributed by atoms with van der Waals surface area (Å²) in [7, 11) is 0. The summed E-state index contributed by atoms with van der Waals surface area (Å²) in [5.41, 5.74) is 1.08. The molecule has 0 aliphatic heterocycles. The van der Waals surface area contributed by atoms with Gasteiger partial charge in [-0.15, -0.1) is 0 Å². The zero-order valence-corrected chi connectivity index (χ0v) is 8.84. The van der Waals surface area contributed by atoms with Gasteiger partial charge in [-0.05, 0) is 17.8 Å². The minimum Gasteiger partial charge on any atom is -0.548 e. The minimum atomic E-state index is -1.18. The van der Waals surface area contributed by atoms with Crippen LogP contribution in [-0.4, -0.2) is 17.6 Å². The second kappa shape index (κ2) is 5.98. The maximum Gasteiger partial charge on any atom is 0.166 e. The number of rotatable bonds is 4. The fraction of sp³-hybridized carbons (Fsp3) is 0.200. The normalized spacial score (nSPS) is 9.33. The third-order valence-corrected chi connectivity index (χ3v) is 1.98. The molecule has 80 valence electrons. The van der Waals surface area contributed by atoms with Crippen LogP contribution in [0.25, 0.3) is 0 Å². The summed E-state index contributed by atoms with van der Waals surface area (Å²) in [6, 6.07) is 9.68. The average molecular weight is 223 g/mol. The molecule has 1 rings (SSSR count). The number of benzene rings is 1. The van der Waals surface area contributed by atoms with Gasteiger partial charge in [-0.3, -0.25) is 0 Å². The SMILES string of the molecule is O=C([O-])CNC(=S)NCc1ccccc1. The highest BCUT2D eigenvalue weighted by atomic mass is 32.1. The number of carboxylic acids is 1. The van der Waals surface area contributed by atoms with Gasteiger partial charge in [-0.2, -0.15) is 0 Å². The Kier molecular flexibility index (Phi) is 4.56. The van der Waals surface area contributed by atoms with Gasteiger partial charge in [-0.25, -0.2) is 0 Å². The van der Waals surface area contributed by atoms with Crippen LogP contribution in [-0.2, 0) is 11.3 Å². The molecular formula is C10H11N2O2S-. The van der Waals surface area contributed by atoms with Crippen molar-refractivity contribution in [1.82, 2.24) is 10.6 Å². The minimum absolute atomic E-state index is 0.277. The lowest BCUT2D eigenvalue weighted by Crippen LogP contribution is -2.42. The summed E-state index contributed by atoms with van der Waals surface area (Å²) >= 11 is 4.86. The summed E-state index contributed by atoms with van der Waals surface area (Å²) < 4.78 is 0. The first-order chi connectivity index (χ1) is 7.18. The molecule has 15 heavy (non-hydrogen) atoms. The van der Waals surface area contributed by atoms with Gasteiger partial charge in [-0.1, -0.05) is 30.3 Å². The molecule has 0 heterocycles. The van der Waals surface area contributed by atoms with E-state index in [4.69, 9.17) is 12.2 Å². The molecule has 0 amide bonds. The summed E-state index contributed by atoms with van der Waals surface area (Å²) in [5.74, 6) is -1.18. The smallest absolute Gasteiger partial charge is 0.166 e. The Labute approximate surface area is 93.3 Å². The topological polar surface area (TPSA) is 64.2 Å². The predicted molar refractivity (Wildman–Crippen MR) is 58.9 cm³/mol. The monoisotopic (exact) mass is 223 g/mol. The van der Waals surface area contributed by atoms with Crippen LogP contribution in [0.3, 0.4) is 0 Å². The quantitative estimate of drug-likeness (QED) is 0.667. The standard InChI is InChI=1S/C10H12N2O2S/c13-9(14)7-12-10(15)11-6-8-4-2-1-3-5-8/h1-5H,6-7H2,(H,13,14)(H2,11,12,15)/p-1. The van der Waals surface area contributed by atoms with E-state index < -0.39 is 5.97 Å². The molecule has 0 aliphatic carbocycles. The largest absolute Gasteiger partial charge is 0.548 e. The highest BCUT2D eigenvalue weighted by Gasteiger charge is 1.95. The Hall–Kier alpha value is -1.62. The summed E-state index contributed by atoms with van der Waals surface area (Å²) in [4.78, 5) is 10.1. The Balaban J connectivity index is 2.26. The zero-order valence-electron chi connectivity index (χ0n) is 8.03. The van der Waals surface area contributed by atoms with E-state index in [2.05, 4.69) is 10.6 Å². The van der Waals surface area contributed by atoms with Crippen LogP contribution in [0.1, 0.15) is 5.56 Å². The third kappa shape index (κ3) is 4.97.